The third kappa shape index (κ3) is 3.84. The van der Waals surface area contributed by atoms with E-state index in [1.54, 1.807) is 12.1 Å². The monoisotopic (exact) mass is 332 g/mol. The van der Waals surface area contributed by atoms with E-state index in [9.17, 15) is 4.79 Å². The average molecular weight is 333 g/mol. The first-order chi connectivity index (χ1) is 7.15. The molecule has 0 heterocycles. The minimum absolute atomic E-state index is 0.108. The summed E-state index contributed by atoms with van der Waals surface area (Å²) in [7, 11) is 0. The van der Waals surface area contributed by atoms with Crippen molar-refractivity contribution < 1.29 is 4.79 Å². The lowest BCUT2D eigenvalue weighted by Gasteiger charge is -2.03. The van der Waals surface area contributed by atoms with E-state index >= 15 is 0 Å². The number of hydrogen-bond donors (Lipinski definition) is 0. The molecule has 0 radical (unpaired) electrons. The van der Waals surface area contributed by atoms with Gasteiger partial charge in [-0.25, -0.2) is 0 Å². The second kappa shape index (κ2) is 6.14. The molecule has 0 atom stereocenters. The van der Waals surface area contributed by atoms with Gasteiger partial charge in [-0.3, -0.25) is 4.79 Å². The van der Waals surface area contributed by atoms with E-state index in [0.717, 1.165) is 9.99 Å². The van der Waals surface area contributed by atoms with Gasteiger partial charge in [0.15, 0.2) is 5.78 Å². The lowest BCUT2D eigenvalue weighted by molar-refractivity contribution is 0.0980. The molecule has 0 bridgehead atoms. The van der Waals surface area contributed by atoms with Crippen molar-refractivity contribution >= 4 is 40.0 Å². The molecule has 0 unspecified atom stereocenters. The second-order valence-corrected chi connectivity index (χ2v) is 4.70. The first-order valence-electron chi connectivity index (χ1n) is 4.57. The topological polar surface area (TPSA) is 17.1 Å². The summed E-state index contributed by atoms with van der Waals surface area (Å²) in [4.78, 5) is 11.8. The van der Waals surface area contributed by atoms with Crippen molar-refractivity contribution in [2.75, 3.05) is 0 Å². The van der Waals surface area contributed by atoms with Gasteiger partial charge in [0, 0.05) is 27.0 Å². The Bertz CT molecular complexity index is 407. The number of terminal acetylenes is 1. The van der Waals surface area contributed by atoms with E-state index in [4.69, 9.17) is 18.0 Å². The molecule has 1 nitrogen and oxygen atoms in total. The van der Waals surface area contributed by atoms with Crippen LogP contribution in [0.4, 0.5) is 0 Å². The largest absolute Gasteiger partial charge is 0.294 e. The van der Waals surface area contributed by atoms with Gasteiger partial charge in [0.05, 0.1) is 0 Å². The maximum Gasteiger partial charge on any atom is 0.164 e. The Hall–Kier alpha value is -0.530. The molecule has 0 N–H and O–H groups in total. The third-order valence-electron chi connectivity index (χ3n) is 1.95. The van der Waals surface area contributed by atoms with E-state index < -0.39 is 0 Å². The van der Waals surface area contributed by atoms with Crippen molar-refractivity contribution in [3.05, 3.63) is 32.4 Å². The van der Waals surface area contributed by atoms with Crippen LogP contribution in [0.3, 0.4) is 0 Å². The fourth-order valence-corrected chi connectivity index (χ4v) is 2.01. The van der Waals surface area contributed by atoms with Gasteiger partial charge in [0.2, 0.25) is 0 Å². The minimum Gasteiger partial charge on any atom is -0.294 e. The quantitative estimate of drug-likeness (QED) is 0.353. The van der Waals surface area contributed by atoms with Crippen molar-refractivity contribution in [2.24, 2.45) is 0 Å². The zero-order valence-corrected chi connectivity index (χ0v) is 11.0. The van der Waals surface area contributed by atoms with Crippen LogP contribution in [-0.4, -0.2) is 5.78 Å². The smallest absolute Gasteiger partial charge is 0.164 e. The summed E-state index contributed by atoms with van der Waals surface area (Å²) in [5, 5.41) is 0.593. The van der Waals surface area contributed by atoms with Crippen LogP contribution in [0.2, 0.25) is 5.02 Å². The summed E-state index contributed by atoms with van der Waals surface area (Å²) in [5.41, 5.74) is 0.695. The lowest BCUT2D eigenvalue weighted by Crippen LogP contribution is -2.01. The molecule has 0 spiro atoms. The number of ketones is 1. The summed E-state index contributed by atoms with van der Waals surface area (Å²) in [5.74, 6) is 2.63. The molecule has 3 heteroatoms. The molecule has 1 aromatic carbocycles. The van der Waals surface area contributed by atoms with Crippen LogP contribution in [0.15, 0.2) is 18.2 Å². The Morgan fingerprint density at radius 3 is 2.93 bits per heavy atom. The number of hydrogen-bond acceptors (Lipinski definition) is 1. The highest BCUT2D eigenvalue weighted by Gasteiger charge is 2.09. The SMILES string of the molecule is C#CCCCC(=O)c1cc(Cl)ccc1I. The molecule has 0 amide bonds. The molecular weight excluding hydrogens is 322 g/mol. The Morgan fingerprint density at radius 2 is 2.27 bits per heavy atom. The Balaban J connectivity index is 2.73. The molecule has 1 rings (SSSR count). The van der Waals surface area contributed by atoms with Gasteiger partial charge in [0.1, 0.15) is 0 Å². The summed E-state index contributed by atoms with van der Waals surface area (Å²) in [6, 6.07) is 5.33. The highest BCUT2D eigenvalue weighted by molar-refractivity contribution is 14.1. The van der Waals surface area contributed by atoms with Gasteiger partial charge in [-0.05, 0) is 47.2 Å². The normalized spacial score (nSPS) is 9.67. The maximum atomic E-state index is 11.8. The number of halogens is 2. The van der Waals surface area contributed by atoms with Crippen molar-refractivity contribution in [3.8, 4) is 12.3 Å². The van der Waals surface area contributed by atoms with Crippen LogP contribution in [0, 0.1) is 15.9 Å². The number of carbonyl (C=O) groups excluding carboxylic acids is 1. The van der Waals surface area contributed by atoms with E-state index in [2.05, 4.69) is 28.5 Å². The number of unbranched alkanes of at least 4 members (excludes halogenated alkanes) is 1. The molecule has 1 aromatic rings. The average Bonchev–Trinajstić information content (AvgIpc) is 2.22. The molecule has 0 aromatic heterocycles. The Labute approximate surface area is 108 Å². The van der Waals surface area contributed by atoms with E-state index in [1.165, 1.54) is 0 Å². The van der Waals surface area contributed by atoms with Crippen LogP contribution in [-0.2, 0) is 0 Å². The zero-order valence-electron chi connectivity index (χ0n) is 8.09. The van der Waals surface area contributed by atoms with E-state index in [-0.39, 0.29) is 5.78 Å². The van der Waals surface area contributed by atoms with Crippen LogP contribution >= 0.6 is 34.2 Å². The first-order valence-corrected chi connectivity index (χ1v) is 6.02. The van der Waals surface area contributed by atoms with Crippen LogP contribution in [0.5, 0.6) is 0 Å². The van der Waals surface area contributed by atoms with Gasteiger partial charge >= 0.3 is 0 Å². The second-order valence-electron chi connectivity index (χ2n) is 3.11. The fraction of sp³-hybridized carbons (Fsp3) is 0.250. The molecule has 15 heavy (non-hydrogen) atoms. The predicted molar refractivity (Wildman–Crippen MR) is 71.2 cm³/mol. The molecule has 0 fully saturated rings. The van der Waals surface area contributed by atoms with Crippen LogP contribution in [0.1, 0.15) is 29.6 Å². The van der Waals surface area contributed by atoms with Crippen molar-refractivity contribution in [1.82, 2.24) is 0 Å². The van der Waals surface area contributed by atoms with E-state index in [0.29, 0.717) is 23.4 Å². The van der Waals surface area contributed by atoms with Crippen molar-refractivity contribution in [3.63, 3.8) is 0 Å². The highest BCUT2D eigenvalue weighted by atomic mass is 127. The number of rotatable bonds is 4. The molecule has 0 aliphatic rings. The van der Waals surface area contributed by atoms with Gasteiger partial charge < -0.3 is 0 Å². The fourth-order valence-electron chi connectivity index (χ4n) is 1.20. The maximum absolute atomic E-state index is 11.8. The number of Topliss-reactive ketones (excluding diaryl/α,β-unsaturated/α-hetero) is 1. The van der Waals surface area contributed by atoms with Gasteiger partial charge in [-0.15, -0.1) is 12.3 Å². The molecule has 0 aliphatic heterocycles. The molecular formula is C12H10ClIO. The standard InChI is InChI=1S/C12H10ClIO/c1-2-3-4-5-12(15)10-8-9(13)6-7-11(10)14/h1,6-8H,3-5H2. The molecule has 0 saturated heterocycles. The molecule has 0 saturated carbocycles. The minimum atomic E-state index is 0.108. The van der Waals surface area contributed by atoms with Gasteiger partial charge in [0.25, 0.3) is 0 Å². The third-order valence-corrected chi connectivity index (χ3v) is 3.13. The predicted octanol–water partition coefficient (Wildman–Crippen LogP) is 3.93. The van der Waals surface area contributed by atoms with Crippen LogP contribution in [0.25, 0.3) is 0 Å². The van der Waals surface area contributed by atoms with E-state index in [1.807, 2.05) is 6.07 Å². The van der Waals surface area contributed by atoms with Crippen molar-refractivity contribution in [2.45, 2.75) is 19.3 Å². The van der Waals surface area contributed by atoms with Gasteiger partial charge in [-0.2, -0.15) is 0 Å². The molecule has 0 aliphatic carbocycles. The highest BCUT2D eigenvalue weighted by Crippen LogP contribution is 2.19. The van der Waals surface area contributed by atoms with Crippen molar-refractivity contribution in [1.29, 1.82) is 0 Å². The number of carbonyl (C=O) groups is 1. The number of benzene rings is 1. The zero-order chi connectivity index (χ0) is 11.3. The summed E-state index contributed by atoms with van der Waals surface area (Å²) in [6.45, 7) is 0. The summed E-state index contributed by atoms with van der Waals surface area (Å²) in [6.07, 6.45) is 6.99. The summed E-state index contributed by atoms with van der Waals surface area (Å²) >= 11 is 7.97. The lowest BCUT2D eigenvalue weighted by atomic mass is 10.1. The Morgan fingerprint density at radius 1 is 1.53 bits per heavy atom. The molecule has 78 valence electrons. The van der Waals surface area contributed by atoms with Crippen LogP contribution < -0.4 is 0 Å². The Kier molecular flexibility index (Phi) is 5.13. The summed E-state index contributed by atoms with van der Waals surface area (Å²) < 4.78 is 0.933. The first kappa shape index (κ1) is 12.5. The van der Waals surface area contributed by atoms with Gasteiger partial charge in [-0.1, -0.05) is 11.6 Å².